The number of nitrogens with one attached hydrogen (secondary N) is 2. The number of ketones is 2. The average molecular weight is 465 g/mol. The summed E-state index contributed by atoms with van der Waals surface area (Å²) in [6.07, 6.45) is 9.63. The van der Waals surface area contributed by atoms with Crippen LogP contribution in [0.1, 0.15) is 110 Å². The number of hydrogen-bond acceptors (Lipinski definition) is 5. The third-order valence-electron chi connectivity index (χ3n) is 6.34. The monoisotopic (exact) mass is 464 g/mol. The molecule has 0 unspecified atom stereocenters. The van der Waals surface area contributed by atoms with E-state index < -0.39 is 0 Å². The zero-order valence-corrected chi connectivity index (χ0v) is 21.1. The van der Waals surface area contributed by atoms with Crippen LogP contribution in [0.5, 0.6) is 5.75 Å². The Hall–Kier alpha value is -2.82. The third kappa shape index (κ3) is 5.99. The normalized spacial score (nSPS) is 12.3. The van der Waals surface area contributed by atoms with Crippen molar-refractivity contribution in [2.24, 2.45) is 0 Å². The molecule has 2 aromatic rings. The Morgan fingerprint density at radius 3 is 1.88 bits per heavy atom. The molecule has 34 heavy (non-hydrogen) atoms. The van der Waals surface area contributed by atoms with Crippen LogP contribution >= 0.6 is 0 Å². The molecule has 0 atom stereocenters. The summed E-state index contributed by atoms with van der Waals surface area (Å²) in [7, 11) is 0. The number of ether oxygens (including phenoxy) is 1. The first-order valence-electron chi connectivity index (χ1n) is 13.1. The molecule has 2 aromatic carbocycles. The number of anilines is 2. The smallest absolute Gasteiger partial charge is 0.196 e. The maximum Gasteiger partial charge on any atom is 0.196 e. The lowest BCUT2D eigenvalue weighted by Gasteiger charge is -2.26. The molecule has 2 N–H and O–H groups in total. The van der Waals surface area contributed by atoms with Gasteiger partial charge in [-0.25, -0.2) is 0 Å². The zero-order chi connectivity index (χ0) is 24.3. The van der Waals surface area contributed by atoms with Crippen LogP contribution in [0, 0.1) is 0 Å². The van der Waals surface area contributed by atoms with Gasteiger partial charge in [0.15, 0.2) is 11.6 Å². The van der Waals surface area contributed by atoms with Gasteiger partial charge in [0.2, 0.25) is 0 Å². The predicted molar refractivity (Wildman–Crippen MR) is 141 cm³/mol. The van der Waals surface area contributed by atoms with Gasteiger partial charge >= 0.3 is 0 Å². The van der Waals surface area contributed by atoms with Gasteiger partial charge < -0.3 is 15.4 Å². The Bertz CT molecular complexity index is 984. The summed E-state index contributed by atoms with van der Waals surface area (Å²) in [5, 5.41) is 6.93. The van der Waals surface area contributed by atoms with Crippen molar-refractivity contribution in [3.8, 4) is 5.75 Å². The lowest BCUT2D eigenvalue weighted by Crippen LogP contribution is -2.25. The zero-order valence-electron chi connectivity index (χ0n) is 21.1. The van der Waals surface area contributed by atoms with Crippen molar-refractivity contribution in [3.05, 3.63) is 52.6 Å². The fraction of sp³-hybridized carbons (Fsp3) is 0.517. The van der Waals surface area contributed by atoms with E-state index in [0.29, 0.717) is 46.0 Å². The lowest BCUT2D eigenvalue weighted by molar-refractivity contribution is 0.0980. The van der Waals surface area contributed by atoms with Crippen LogP contribution < -0.4 is 15.4 Å². The summed E-state index contributed by atoms with van der Waals surface area (Å²) < 4.78 is 6.24. The Kier molecular flexibility index (Phi) is 9.99. The first-order valence-corrected chi connectivity index (χ1v) is 13.1. The van der Waals surface area contributed by atoms with Gasteiger partial charge in [0.05, 0.1) is 23.4 Å². The minimum Gasteiger partial charge on any atom is -0.491 e. The van der Waals surface area contributed by atoms with E-state index in [2.05, 4.69) is 31.4 Å². The molecule has 0 amide bonds. The van der Waals surface area contributed by atoms with E-state index in [9.17, 15) is 9.59 Å². The highest BCUT2D eigenvalue weighted by Crippen LogP contribution is 2.42. The van der Waals surface area contributed by atoms with Crippen molar-refractivity contribution >= 4 is 22.9 Å². The van der Waals surface area contributed by atoms with Crippen molar-refractivity contribution in [3.63, 3.8) is 0 Å². The maximum absolute atomic E-state index is 13.7. The van der Waals surface area contributed by atoms with Crippen molar-refractivity contribution in [2.75, 3.05) is 30.3 Å². The highest BCUT2D eigenvalue weighted by Gasteiger charge is 2.35. The second-order valence-corrected chi connectivity index (χ2v) is 9.07. The topological polar surface area (TPSA) is 67.4 Å². The highest BCUT2D eigenvalue weighted by molar-refractivity contribution is 6.32. The number of hydrogen-bond donors (Lipinski definition) is 2. The Morgan fingerprint density at radius 2 is 1.26 bits per heavy atom. The van der Waals surface area contributed by atoms with E-state index in [1.807, 2.05) is 18.2 Å². The molecule has 1 aliphatic rings. The molecule has 0 aliphatic heterocycles. The molecule has 0 saturated heterocycles. The largest absolute Gasteiger partial charge is 0.491 e. The molecule has 1 aliphatic carbocycles. The van der Waals surface area contributed by atoms with Gasteiger partial charge in [0.1, 0.15) is 5.75 Å². The molecule has 0 saturated carbocycles. The Balaban J connectivity index is 2.07. The van der Waals surface area contributed by atoms with Crippen molar-refractivity contribution in [1.82, 2.24) is 0 Å². The minimum atomic E-state index is -0.112. The van der Waals surface area contributed by atoms with Gasteiger partial charge in [-0.15, -0.1) is 0 Å². The van der Waals surface area contributed by atoms with Crippen LogP contribution in [-0.4, -0.2) is 31.3 Å². The quantitative estimate of drug-likeness (QED) is 0.232. The maximum atomic E-state index is 13.7. The van der Waals surface area contributed by atoms with Crippen LogP contribution in [0.15, 0.2) is 30.3 Å². The van der Waals surface area contributed by atoms with E-state index >= 15 is 0 Å². The SMILES string of the molecule is CCCCCNc1cc(OCCCCC)c(NCCCCC)c2c1C(=O)c1ccccc1C2=O. The van der Waals surface area contributed by atoms with Gasteiger partial charge in [-0.05, 0) is 19.3 Å². The fourth-order valence-electron chi connectivity index (χ4n) is 4.42. The Morgan fingerprint density at radius 1 is 0.706 bits per heavy atom. The second kappa shape index (κ2) is 13.2. The summed E-state index contributed by atoms with van der Waals surface area (Å²) in [6, 6.07) is 9.07. The number of benzene rings is 2. The molecule has 0 heterocycles. The Labute approximate surface area is 204 Å². The second-order valence-electron chi connectivity index (χ2n) is 9.07. The standard InChI is InChI=1S/C29H40N2O3/c1-4-7-12-17-30-23-20-24(34-19-14-9-6-3)27(31-18-13-8-5-2)26-25(23)28(32)21-15-10-11-16-22(21)29(26)33/h10-11,15-16,20,30-31H,4-9,12-14,17-19H2,1-3H3. The number of fused-ring (bicyclic) bond motifs is 2. The summed E-state index contributed by atoms with van der Waals surface area (Å²) in [6.45, 7) is 8.58. The summed E-state index contributed by atoms with van der Waals surface area (Å²) >= 11 is 0. The molecule has 0 spiro atoms. The molecule has 184 valence electrons. The summed E-state index contributed by atoms with van der Waals surface area (Å²) in [5.74, 6) is 0.445. The van der Waals surface area contributed by atoms with Crippen molar-refractivity contribution in [1.29, 1.82) is 0 Å². The first-order chi connectivity index (χ1) is 16.6. The van der Waals surface area contributed by atoms with Crippen LogP contribution in [-0.2, 0) is 0 Å². The molecular formula is C29H40N2O3. The van der Waals surface area contributed by atoms with E-state index in [1.54, 1.807) is 12.1 Å². The molecule has 0 radical (unpaired) electrons. The van der Waals surface area contributed by atoms with Crippen LogP contribution in [0.4, 0.5) is 11.4 Å². The van der Waals surface area contributed by atoms with Crippen LogP contribution in [0.2, 0.25) is 0 Å². The fourth-order valence-corrected chi connectivity index (χ4v) is 4.42. The van der Waals surface area contributed by atoms with Crippen LogP contribution in [0.25, 0.3) is 0 Å². The molecule has 3 rings (SSSR count). The molecule has 0 fully saturated rings. The van der Waals surface area contributed by atoms with E-state index in [4.69, 9.17) is 4.74 Å². The van der Waals surface area contributed by atoms with Crippen LogP contribution in [0.3, 0.4) is 0 Å². The molecular weight excluding hydrogens is 424 g/mol. The molecule has 5 heteroatoms. The van der Waals surface area contributed by atoms with Gasteiger partial charge in [-0.1, -0.05) is 83.6 Å². The van der Waals surface area contributed by atoms with Gasteiger partial charge in [-0.2, -0.15) is 0 Å². The van der Waals surface area contributed by atoms with Gasteiger partial charge in [-0.3, -0.25) is 9.59 Å². The third-order valence-corrected chi connectivity index (χ3v) is 6.34. The molecule has 5 nitrogen and oxygen atoms in total. The van der Waals surface area contributed by atoms with Crippen molar-refractivity contribution in [2.45, 2.75) is 78.6 Å². The lowest BCUT2D eigenvalue weighted by atomic mass is 9.82. The summed E-state index contributed by atoms with van der Waals surface area (Å²) in [5.41, 5.74) is 3.23. The summed E-state index contributed by atoms with van der Waals surface area (Å²) in [4.78, 5) is 27.4. The van der Waals surface area contributed by atoms with Gasteiger partial charge in [0, 0.05) is 36.0 Å². The molecule has 0 aromatic heterocycles. The van der Waals surface area contributed by atoms with E-state index in [0.717, 1.165) is 70.9 Å². The number of unbranched alkanes of at least 4 members (excludes halogenated alkanes) is 6. The average Bonchev–Trinajstić information content (AvgIpc) is 2.86. The first kappa shape index (κ1) is 25.8. The molecule has 0 bridgehead atoms. The predicted octanol–water partition coefficient (Wildman–Crippen LogP) is 7.24. The number of carbonyl (C=O) groups is 2. The highest BCUT2D eigenvalue weighted by atomic mass is 16.5. The van der Waals surface area contributed by atoms with E-state index in [1.165, 1.54) is 0 Å². The van der Waals surface area contributed by atoms with Crippen molar-refractivity contribution < 1.29 is 14.3 Å². The number of rotatable bonds is 15. The minimum absolute atomic E-state index is 0.0997. The number of carbonyl (C=O) groups excluding carboxylic acids is 2. The van der Waals surface area contributed by atoms with E-state index in [-0.39, 0.29) is 11.6 Å². The van der Waals surface area contributed by atoms with Gasteiger partial charge in [0.25, 0.3) is 0 Å².